The van der Waals surface area contributed by atoms with E-state index in [0.29, 0.717) is 10.7 Å². The second-order valence-corrected chi connectivity index (χ2v) is 7.68. The van der Waals surface area contributed by atoms with Gasteiger partial charge in [0.25, 0.3) is 10.0 Å². The first-order chi connectivity index (χ1) is 9.70. The third-order valence-corrected chi connectivity index (χ3v) is 5.32. The topological polar surface area (TPSA) is 72.2 Å². The van der Waals surface area contributed by atoms with Crippen molar-refractivity contribution < 1.29 is 8.42 Å². The maximum atomic E-state index is 12.5. The van der Waals surface area contributed by atoms with Crippen molar-refractivity contribution in [3.8, 4) is 0 Å². The largest absolute Gasteiger partial charge is 0.398 e. The molecular formula is C14H14BrClN2O2S. The molecule has 0 atom stereocenters. The number of sulfonamides is 1. The zero-order valence-corrected chi connectivity index (χ0v) is 14.6. The third-order valence-electron chi connectivity index (χ3n) is 3.09. The van der Waals surface area contributed by atoms with Crippen molar-refractivity contribution in [3.05, 3.63) is 51.0 Å². The number of rotatable bonds is 3. The SMILES string of the molecule is Cc1cc(N)c(S(=O)(=O)Nc2ccc(Br)cc2Cl)cc1C. The molecule has 2 aromatic rings. The summed E-state index contributed by atoms with van der Waals surface area (Å²) in [5.74, 6) is 0. The van der Waals surface area contributed by atoms with Crippen LogP contribution in [0.5, 0.6) is 0 Å². The summed E-state index contributed by atoms with van der Waals surface area (Å²) in [6.45, 7) is 3.71. The third kappa shape index (κ3) is 3.51. The highest BCUT2D eigenvalue weighted by Gasteiger charge is 2.19. The van der Waals surface area contributed by atoms with Gasteiger partial charge < -0.3 is 5.73 Å². The summed E-state index contributed by atoms with van der Waals surface area (Å²) in [5, 5.41) is 0.301. The highest BCUT2D eigenvalue weighted by molar-refractivity contribution is 9.10. The van der Waals surface area contributed by atoms with Crippen LogP contribution in [0.4, 0.5) is 11.4 Å². The lowest BCUT2D eigenvalue weighted by Gasteiger charge is -2.13. The van der Waals surface area contributed by atoms with E-state index in [4.69, 9.17) is 17.3 Å². The van der Waals surface area contributed by atoms with Crippen LogP contribution in [0.25, 0.3) is 0 Å². The van der Waals surface area contributed by atoms with Crippen molar-refractivity contribution in [1.82, 2.24) is 0 Å². The fourth-order valence-electron chi connectivity index (χ4n) is 1.82. The maximum Gasteiger partial charge on any atom is 0.264 e. The minimum atomic E-state index is -3.79. The number of benzene rings is 2. The van der Waals surface area contributed by atoms with Gasteiger partial charge in [-0.05, 0) is 55.3 Å². The summed E-state index contributed by atoms with van der Waals surface area (Å²) >= 11 is 9.30. The Bertz CT molecular complexity index is 807. The van der Waals surface area contributed by atoms with Gasteiger partial charge in [0.15, 0.2) is 0 Å². The molecule has 2 rings (SSSR count). The van der Waals surface area contributed by atoms with Crippen LogP contribution in [-0.4, -0.2) is 8.42 Å². The van der Waals surface area contributed by atoms with Crippen molar-refractivity contribution in [2.75, 3.05) is 10.5 Å². The van der Waals surface area contributed by atoms with Crippen LogP contribution in [0.3, 0.4) is 0 Å². The molecule has 0 bridgehead atoms. The monoisotopic (exact) mass is 388 g/mol. The molecule has 0 saturated heterocycles. The fraction of sp³-hybridized carbons (Fsp3) is 0.143. The molecule has 0 heterocycles. The smallest absolute Gasteiger partial charge is 0.264 e. The molecule has 0 aliphatic heterocycles. The number of hydrogen-bond donors (Lipinski definition) is 2. The first kappa shape index (κ1) is 16.1. The number of aryl methyl sites for hydroxylation is 2. The van der Waals surface area contributed by atoms with Crippen LogP contribution in [0.15, 0.2) is 39.7 Å². The van der Waals surface area contributed by atoms with E-state index >= 15 is 0 Å². The second kappa shape index (κ2) is 5.87. The van der Waals surface area contributed by atoms with Crippen LogP contribution >= 0.6 is 27.5 Å². The Morgan fingerprint density at radius 1 is 1.14 bits per heavy atom. The molecule has 0 fully saturated rings. The molecule has 2 aromatic carbocycles. The molecule has 0 spiro atoms. The van der Waals surface area contributed by atoms with Gasteiger partial charge in [0, 0.05) is 4.47 Å². The Kier molecular flexibility index (Phi) is 4.51. The second-order valence-electron chi connectivity index (χ2n) is 4.70. The van der Waals surface area contributed by atoms with Crippen LogP contribution in [-0.2, 0) is 10.0 Å². The van der Waals surface area contributed by atoms with E-state index in [1.807, 2.05) is 13.8 Å². The van der Waals surface area contributed by atoms with Gasteiger partial charge in [-0.1, -0.05) is 27.5 Å². The van der Waals surface area contributed by atoms with Gasteiger partial charge in [-0.15, -0.1) is 0 Å². The Balaban J connectivity index is 2.46. The van der Waals surface area contributed by atoms with Gasteiger partial charge in [0.05, 0.1) is 16.4 Å². The first-order valence-electron chi connectivity index (χ1n) is 6.05. The minimum Gasteiger partial charge on any atom is -0.398 e. The van der Waals surface area contributed by atoms with Gasteiger partial charge in [-0.25, -0.2) is 8.42 Å². The zero-order valence-electron chi connectivity index (χ0n) is 11.4. The molecule has 0 amide bonds. The number of nitrogen functional groups attached to an aromatic ring is 1. The van der Waals surface area contributed by atoms with E-state index in [1.165, 1.54) is 0 Å². The van der Waals surface area contributed by atoms with Crippen molar-refractivity contribution in [3.63, 3.8) is 0 Å². The van der Waals surface area contributed by atoms with Crippen molar-refractivity contribution >= 4 is 48.9 Å². The molecule has 21 heavy (non-hydrogen) atoms. The molecule has 3 N–H and O–H groups in total. The summed E-state index contributed by atoms with van der Waals surface area (Å²) in [7, 11) is -3.79. The average molecular weight is 390 g/mol. The zero-order chi connectivity index (χ0) is 15.8. The molecule has 0 aliphatic rings. The summed E-state index contributed by atoms with van der Waals surface area (Å²) in [4.78, 5) is 0.0459. The molecule has 4 nitrogen and oxygen atoms in total. The van der Waals surface area contributed by atoms with E-state index in [2.05, 4.69) is 20.7 Å². The number of hydrogen-bond acceptors (Lipinski definition) is 3. The van der Waals surface area contributed by atoms with E-state index in [9.17, 15) is 8.42 Å². The van der Waals surface area contributed by atoms with E-state index < -0.39 is 10.0 Å². The van der Waals surface area contributed by atoms with Crippen molar-refractivity contribution in [2.24, 2.45) is 0 Å². The molecule has 0 unspecified atom stereocenters. The fourth-order valence-corrected chi connectivity index (χ4v) is 3.87. The number of nitrogens with one attached hydrogen (secondary N) is 1. The van der Waals surface area contributed by atoms with Crippen LogP contribution < -0.4 is 10.5 Å². The number of halogens is 2. The van der Waals surface area contributed by atoms with Crippen molar-refractivity contribution in [2.45, 2.75) is 18.7 Å². The van der Waals surface area contributed by atoms with Crippen LogP contribution in [0.2, 0.25) is 5.02 Å². The standard InChI is InChI=1S/C14H14BrClN2O2S/c1-8-5-12(17)14(6-9(8)2)21(19,20)18-13-4-3-10(15)7-11(13)16/h3-7,18H,17H2,1-2H3. The van der Waals surface area contributed by atoms with Gasteiger partial charge in [-0.2, -0.15) is 0 Å². The quantitative estimate of drug-likeness (QED) is 0.776. The lowest BCUT2D eigenvalue weighted by molar-refractivity contribution is 0.601. The van der Waals surface area contributed by atoms with Crippen molar-refractivity contribution in [1.29, 1.82) is 0 Å². The molecular weight excluding hydrogens is 376 g/mol. The van der Waals surface area contributed by atoms with Crippen LogP contribution in [0, 0.1) is 13.8 Å². The summed E-state index contributed by atoms with van der Waals surface area (Å²) in [5.41, 5.74) is 8.13. The Morgan fingerprint density at radius 3 is 2.38 bits per heavy atom. The summed E-state index contributed by atoms with van der Waals surface area (Å²) in [6, 6.07) is 8.10. The molecule has 112 valence electrons. The Morgan fingerprint density at radius 2 is 1.76 bits per heavy atom. The van der Waals surface area contributed by atoms with E-state index in [0.717, 1.165) is 15.6 Å². The lowest BCUT2D eigenvalue weighted by atomic mass is 10.1. The van der Waals surface area contributed by atoms with Gasteiger partial charge >= 0.3 is 0 Å². The Hall–Kier alpha value is -1.24. The predicted octanol–water partition coefficient (Wildman–Crippen LogP) is 4.10. The number of anilines is 2. The average Bonchev–Trinajstić information content (AvgIpc) is 2.37. The molecule has 7 heteroatoms. The molecule has 0 aliphatic carbocycles. The van der Waals surface area contributed by atoms with Crippen LogP contribution in [0.1, 0.15) is 11.1 Å². The highest BCUT2D eigenvalue weighted by atomic mass is 79.9. The van der Waals surface area contributed by atoms with Gasteiger partial charge in [0.1, 0.15) is 4.90 Å². The van der Waals surface area contributed by atoms with Gasteiger partial charge in [-0.3, -0.25) is 4.72 Å². The van der Waals surface area contributed by atoms with E-state index in [1.54, 1.807) is 30.3 Å². The molecule has 0 radical (unpaired) electrons. The summed E-state index contributed by atoms with van der Waals surface area (Å²) < 4.78 is 28.1. The normalized spacial score (nSPS) is 11.4. The van der Waals surface area contributed by atoms with E-state index in [-0.39, 0.29) is 10.6 Å². The van der Waals surface area contributed by atoms with Gasteiger partial charge in [0.2, 0.25) is 0 Å². The highest BCUT2D eigenvalue weighted by Crippen LogP contribution is 2.30. The minimum absolute atomic E-state index is 0.0459. The maximum absolute atomic E-state index is 12.5. The molecule has 0 aromatic heterocycles. The molecule has 0 saturated carbocycles. The first-order valence-corrected chi connectivity index (χ1v) is 8.71. The lowest BCUT2D eigenvalue weighted by Crippen LogP contribution is -2.15. The number of nitrogens with two attached hydrogens (primary N) is 1. The predicted molar refractivity (Wildman–Crippen MR) is 90.3 cm³/mol. The Labute approximate surface area is 137 Å². The summed E-state index contributed by atoms with van der Waals surface area (Å²) in [6.07, 6.45) is 0.